The van der Waals surface area contributed by atoms with Gasteiger partial charge in [0.05, 0.1) is 7.11 Å². The number of hydrogen-bond donors (Lipinski definition) is 0. The molecule has 2 aromatic rings. The Bertz CT molecular complexity index is 731. The summed E-state index contributed by atoms with van der Waals surface area (Å²) in [6.07, 6.45) is 1.56. The van der Waals surface area contributed by atoms with E-state index in [1.165, 1.54) is 0 Å². The van der Waals surface area contributed by atoms with Gasteiger partial charge >= 0.3 is 0 Å². The van der Waals surface area contributed by atoms with Crippen molar-refractivity contribution >= 4 is 17.5 Å². The zero-order chi connectivity index (χ0) is 18.4. The van der Waals surface area contributed by atoms with E-state index in [2.05, 4.69) is 9.88 Å². The van der Waals surface area contributed by atoms with Crippen LogP contribution in [0.25, 0.3) is 0 Å². The molecular formula is C19H22ClN3O3. The van der Waals surface area contributed by atoms with E-state index in [4.69, 9.17) is 21.1 Å². The zero-order valence-corrected chi connectivity index (χ0v) is 15.5. The maximum atomic E-state index is 12.5. The Morgan fingerprint density at radius 1 is 1.12 bits per heavy atom. The lowest BCUT2D eigenvalue weighted by Gasteiger charge is -2.34. The molecule has 0 atom stereocenters. The average molecular weight is 376 g/mol. The van der Waals surface area contributed by atoms with Crippen LogP contribution in [0.2, 0.25) is 5.15 Å². The van der Waals surface area contributed by atoms with Crippen molar-refractivity contribution in [2.45, 2.75) is 0 Å². The number of benzene rings is 1. The summed E-state index contributed by atoms with van der Waals surface area (Å²) in [7, 11) is 1.64. The molecule has 1 aliphatic rings. The number of carbonyl (C=O) groups is 1. The molecule has 138 valence electrons. The number of nitrogens with zero attached hydrogens (tertiary/aromatic N) is 3. The van der Waals surface area contributed by atoms with Gasteiger partial charge in [-0.25, -0.2) is 4.98 Å². The van der Waals surface area contributed by atoms with Crippen molar-refractivity contribution in [1.29, 1.82) is 0 Å². The van der Waals surface area contributed by atoms with Crippen LogP contribution in [0.3, 0.4) is 0 Å². The van der Waals surface area contributed by atoms with E-state index in [1.807, 2.05) is 29.2 Å². The van der Waals surface area contributed by atoms with Crippen molar-refractivity contribution in [1.82, 2.24) is 14.8 Å². The maximum absolute atomic E-state index is 12.5. The summed E-state index contributed by atoms with van der Waals surface area (Å²) in [5, 5.41) is 0.338. The summed E-state index contributed by atoms with van der Waals surface area (Å²) >= 11 is 5.86. The minimum atomic E-state index is 0.00318. The summed E-state index contributed by atoms with van der Waals surface area (Å²) in [5.74, 6) is 1.64. The molecule has 1 fully saturated rings. The Hall–Kier alpha value is -2.31. The van der Waals surface area contributed by atoms with E-state index >= 15 is 0 Å². The van der Waals surface area contributed by atoms with Crippen LogP contribution >= 0.6 is 11.6 Å². The quantitative estimate of drug-likeness (QED) is 0.726. The van der Waals surface area contributed by atoms with Gasteiger partial charge in [-0.2, -0.15) is 0 Å². The van der Waals surface area contributed by atoms with E-state index in [0.717, 1.165) is 31.1 Å². The third kappa shape index (κ3) is 4.86. The van der Waals surface area contributed by atoms with Crippen molar-refractivity contribution < 1.29 is 14.3 Å². The number of piperazine rings is 1. The van der Waals surface area contributed by atoms with Crippen LogP contribution in [0.15, 0.2) is 42.6 Å². The topological polar surface area (TPSA) is 54.9 Å². The molecule has 0 saturated carbocycles. The molecule has 0 unspecified atom stereocenters. The Kier molecular flexibility index (Phi) is 6.30. The van der Waals surface area contributed by atoms with Gasteiger partial charge in [0.25, 0.3) is 5.91 Å². The van der Waals surface area contributed by atoms with Crippen molar-refractivity contribution in [3.63, 3.8) is 0 Å². The molecule has 0 aliphatic carbocycles. The highest BCUT2D eigenvalue weighted by molar-refractivity contribution is 6.29. The SMILES string of the molecule is COc1ccc(OCCN2CCN(C(=O)c3ccnc(Cl)c3)CC2)cc1. The summed E-state index contributed by atoms with van der Waals surface area (Å²) < 4.78 is 10.9. The Labute approximate surface area is 158 Å². The molecular weight excluding hydrogens is 354 g/mol. The second-order valence-electron chi connectivity index (χ2n) is 6.03. The number of rotatable bonds is 6. The minimum Gasteiger partial charge on any atom is -0.497 e. The van der Waals surface area contributed by atoms with Gasteiger partial charge in [-0.1, -0.05) is 11.6 Å². The number of hydrogen-bond acceptors (Lipinski definition) is 5. The molecule has 1 aromatic carbocycles. The van der Waals surface area contributed by atoms with Crippen LogP contribution in [0.5, 0.6) is 11.5 Å². The lowest BCUT2D eigenvalue weighted by Crippen LogP contribution is -2.49. The number of aromatic nitrogens is 1. The normalized spacial score (nSPS) is 14.9. The van der Waals surface area contributed by atoms with Crippen LogP contribution in [0.1, 0.15) is 10.4 Å². The first-order valence-corrected chi connectivity index (χ1v) is 8.93. The highest BCUT2D eigenvalue weighted by Crippen LogP contribution is 2.17. The van der Waals surface area contributed by atoms with Crippen molar-refractivity contribution in [2.24, 2.45) is 0 Å². The molecule has 1 aromatic heterocycles. The molecule has 1 saturated heterocycles. The Balaban J connectivity index is 1.41. The standard InChI is InChI=1S/C19H22ClN3O3/c1-25-16-2-4-17(5-3-16)26-13-12-22-8-10-23(11-9-22)19(24)15-6-7-21-18(20)14-15/h2-7,14H,8-13H2,1H3. The number of pyridine rings is 1. The van der Waals surface area contributed by atoms with Gasteiger partial charge in [0.2, 0.25) is 0 Å². The first-order chi connectivity index (χ1) is 12.7. The number of amides is 1. The number of halogens is 1. The number of ether oxygens (including phenoxy) is 2. The molecule has 1 amide bonds. The molecule has 1 aliphatic heterocycles. The molecule has 26 heavy (non-hydrogen) atoms. The second kappa shape index (κ2) is 8.87. The molecule has 0 N–H and O–H groups in total. The van der Waals surface area contributed by atoms with Crippen LogP contribution in [-0.4, -0.2) is 67.1 Å². The fourth-order valence-electron chi connectivity index (χ4n) is 2.86. The molecule has 6 nitrogen and oxygen atoms in total. The van der Waals surface area contributed by atoms with Crippen LogP contribution in [-0.2, 0) is 0 Å². The molecule has 0 radical (unpaired) electrons. The highest BCUT2D eigenvalue weighted by atomic mass is 35.5. The predicted molar refractivity (Wildman–Crippen MR) is 100 cm³/mol. The minimum absolute atomic E-state index is 0.00318. The Morgan fingerprint density at radius 2 is 1.81 bits per heavy atom. The number of carbonyl (C=O) groups excluding carboxylic acids is 1. The third-order valence-corrected chi connectivity index (χ3v) is 4.58. The average Bonchev–Trinajstić information content (AvgIpc) is 2.68. The first-order valence-electron chi connectivity index (χ1n) is 8.56. The summed E-state index contributed by atoms with van der Waals surface area (Å²) in [6.45, 7) is 4.49. The highest BCUT2D eigenvalue weighted by Gasteiger charge is 2.22. The fourth-order valence-corrected chi connectivity index (χ4v) is 3.03. The van der Waals surface area contributed by atoms with E-state index in [-0.39, 0.29) is 5.91 Å². The zero-order valence-electron chi connectivity index (χ0n) is 14.7. The van der Waals surface area contributed by atoms with Gasteiger partial charge in [0, 0.05) is 44.5 Å². The number of methoxy groups -OCH3 is 1. The van der Waals surface area contributed by atoms with Crippen LogP contribution in [0, 0.1) is 0 Å². The molecule has 2 heterocycles. The fraction of sp³-hybridized carbons (Fsp3) is 0.368. The first kappa shape index (κ1) is 18.5. The lowest BCUT2D eigenvalue weighted by molar-refractivity contribution is 0.0620. The van der Waals surface area contributed by atoms with Gasteiger partial charge in [-0.15, -0.1) is 0 Å². The van der Waals surface area contributed by atoms with Crippen LogP contribution in [0.4, 0.5) is 0 Å². The largest absolute Gasteiger partial charge is 0.497 e. The summed E-state index contributed by atoms with van der Waals surface area (Å²) in [4.78, 5) is 20.6. The summed E-state index contributed by atoms with van der Waals surface area (Å²) in [5.41, 5.74) is 0.585. The predicted octanol–water partition coefficient (Wildman–Crippen LogP) is 2.58. The van der Waals surface area contributed by atoms with Crippen LogP contribution < -0.4 is 9.47 Å². The van der Waals surface area contributed by atoms with Gasteiger partial charge < -0.3 is 14.4 Å². The van der Waals surface area contributed by atoms with Gasteiger partial charge in [-0.05, 0) is 36.4 Å². The van der Waals surface area contributed by atoms with Gasteiger partial charge in [0.1, 0.15) is 23.3 Å². The van der Waals surface area contributed by atoms with E-state index in [9.17, 15) is 4.79 Å². The third-order valence-electron chi connectivity index (χ3n) is 4.37. The van der Waals surface area contributed by atoms with Gasteiger partial charge in [0.15, 0.2) is 0 Å². The van der Waals surface area contributed by atoms with Crippen molar-refractivity contribution in [3.05, 3.63) is 53.3 Å². The smallest absolute Gasteiger partial charge is 0.254 e. The monoisotopic (exact) mass is 375 g/mol. The van der Waals surface area contributed by atoms with Crippen molar-refractivity contribution in [2.75, 3.05) is 46.4 Å². The maximum Gasteiger partial charge on any atom is 0.254 e. The van der Waals surface area contributed by atoms with Crippen molar-refractivity contribution in [3.8, 4) is 11.5 Å². The molecule has 7 heteroatoms. The Morgan fingerprint density at radius 3 is 2.46 bits per heavy atom. The van der Waals surface area contributed by atoms with E-state index in [1.54, 1.807) is 25.4 Å². The van der Waals surface area contributed by atoms with Gasteiger partial charge in [-0.3, -0.25) is 9.69 Å². The second-order valence-corrected chi connectivity index (χ2v) is 6.41. The summed E-state index contributed by atoms with van der Waals surface area (Å²) in [6, 6.07) is 10.9. The van der Waals surface area contributed by atoms with E-state index in [0.29, 0.717) is 30.4 Å². The van der Waals surface area contributed by atoms with E-state index < -0.39 is 0 Å². The molecule has 3 rings (SSSR count). The molecule has 0 bridgehead atoms. The lowest BCUT2D eigenvalue weighted by atomic mass is 10.2. The molecule has 0 spiro atoms.